The standard InChI is InChI=1S/C15H23N3S/c1-12(19-14-8-3-2-4-9-14)10-17-15(16)18-11-13-6-5-7-13/h2-4,8-9,12-13H,5-7,10-11H2,1H3,(H3,16,17,18). The zero-order chi connectivity index (χ0) is 13.5. The third-order valence-electron chi connectivity index (χ3n) is 3.40. The lowest BCUT2D eigenvalue weighted by molar-refractivity contribution is 0.315. The summed E-state index contributed by atoms with van der Waals surface area (Å²) in [6.07, 6.45) is 4.04. The first-order valence-corrected chi connectivity index (χ1v) is 7.87. The van der Waals surface area contributed by atoms with Gasteiger partial charge in [-0.1, -0.05) is 31.5 Å². The number of hydrogen-bond donors (Lipinski definition) is 2. The van der Waals surface area contributed by atoms with Gasteiger partial charge in [0.15, 0.2) is 5.96 Å². The molecule has 1 aromatic rings. The van der Waals surface area contributed by atoms with Crippen LogP contribution in [-0.2, 0) is 0 Å². The van der Waals surface area contributed by atoms with E-state index in [9.17, 15) is 0 Å². The second kappa shape index (κ2) is 7.43. The predicted molar refractivity (Wildman–Crippen MR) is 83.6 cm³/mol. The van der Waals surface area contributed by atoms with Crippen molar-refractivity contribution in [1.82, 2.24) is 5.32 Å². The number of aliphatic imine (C=N–C) groups is 1. The van der Waals surface area contributed by atoms with Gasteiger partial charge in [-0.3, -0.25) is 4.99 Å². The van der Waals surface area contributed by atoms with Gasteiger partial charge < -0.3 is 11.1 Å². The molecule has 0 aliphatic heterocycles. The Hall–Kier alpha value is -1.16. The Kier molecular flexibility index (Phi) is 5.58. The largest absolute Gasteiger partial charge is 0.370 e. The number of benzene rings is 1. The molecule has 1 saturated carbocycles. The van der Waals surface area contributed by atoms with Crippen molar-refractivity contribution in [3.63, 3.8) is 0 Å². The van der Waals surface area contributed by atoms with Gasteiger partial charge in [0.05, 0.1) is 6.54 Å². The highest BCUT2D eigenvalue weighted by molar-refractivity contribution is 8.00. The summed E-state index contributed by atoms with van der Waals surface area (Å²) in [4.78, 5) is 5.70. The molecule has 3 N–H and O–H groups in total. The summed E-state index contributed by atoms with van der Waals surface area (Å²) < 4.78 is 0. The van der Waals surface area contributed by atoms with Crippen molar-refractivity contribution in [2.75, 3.05) is 13.1 Å². The zero-order valence-corrected chi connectivity index (χ0v) is 12.3. The number of thioether (sulfide) groups is 1. The van der Waals surface area contributed by atoms with Crippen LogP contribution in [0.5, 0.6) is 0 Å². The van der Waals surface area contributed by atoms with Crippen LogP contribution in [0.1, 0.15) is 26.2 Å². The molecule has 3 nitrogen and oxygen atoms in total. The maximum absolute atomic E-state index is 5.87. The van der Waals surface area contributed by atoms with E-state index in [0.29, 0.717) is 11.2 Å². The number of rotatable bonds is 6. The Morgan fingerprint density at radius 3 is 2.79 bits per heavy atom. The fraction of sp³-hybridized carbons (Fsp3) is 0.533. The SMILES string of the molecule is CC(CN=C(N)NCC1CCC1)Sc1ccccc1. The maximum atomic E-state index is 5.87. The smallest absolute Gasteiger partial charge is 0.188 e. The van der Waals surface area contributed by atoms with Crippen LogP contribution in [-0.4, -0.2) is 24.3 Å². The number of nitrogens with one attached hydrogen (secondary N) is 1. The molecular formula is C15H23N3S. The maximum Gasteiger partial charge on any atom is 0.188 e. The Labute approximate surface area is 120 Å². The van der Waals surface area contributed by atoms with Crippen molar-refractivity contribution in [2.24, 2.45) is 16.6 Å². The first kappa shape index (κ1) is 14.3. The van der Waals surface area contributed by atoms with Gasteiger partial charge in [-0.05, 0) is 30.9 Å². The molecule has 0 spiro atoms. The summed E-state index contributed by atoms with van der Waals surface area (Å²) in [6.45, 7) is 3.92. The topological polar surface area (TPSA) is 50.4 Å². The molecule has 104 valence electrons. The monoisotopic (exact) mass is 277 g/mol. The van der Waals surface area contributed by atoms with Gasteiger partial charge in [0.1, 0.15) is 0 Å². The molecule has 0 bridgehead atoms. The summed E-state index contributed by atoms with van der Waals surface area (Å²) in [6, 6.07) is 10.4. The van der Waals surface area contributed by atoms with Crippen molar-refractivity contribution in [3.05, 3.63) is 30.3 Å². The molecule has 1 aliphatic rings. The van der Waals surface area contributed by atoms with Crippen LogP contribution in [0.25, 0.3) is 0 Å². The average molecular weight is 277 g/mol. The molecule has 1 aliphatic carbocycles. The second-order valence-corrected chi connectivity index (χ2v) is 6.66. The van der Waals surface area contributed by atoms with Gasteiger partial charge in [0.25, 0.3) is 0 Å². The predicted octanol–water partition coefficient (Wildman–Crippen LogP) is 2.87. The highest BCUT2D eigenvalue weighted by Crippen LogP contribution is 2.25. The molecule has 0 heterocycles. The highest BCUT2D eigenvalue weighted by atomic mass is 32.2. The molecule has 1 aromatic carbocycles. The highest BCUT2D eigenvalue weighted by Gasteiger charge is 2.16. The zero-order valence-electron chi connectivity index (χ0n) is 11.5. The Morgan fingerprint density at radius 1 is 1.42 bits per heavy atom. The normalized spacial score (nSPS) is 17.8. The van der Waals surface area contributed by atoms with E-state index in [1.807, 2.05) is 17.8 Å². The van der Waals surface area contributed by atoms with E-state index in [-0.39, 0.29) is 0 Å². The lowest BCUT2D eigenvalue weighted by Gasteiger charge is -2.25. The van der Waals surface area contributed by atoms with Gasteiger partial charge in [0, 0.05) is 16.7 Å². The first-order valence-electron chi connectivity index (χ1n) is 6.99. The quantitative estimate of drug-likeness (QED) is 0.477. The van der Waals surface area contributed by atoms with Crippen LogP contribution in [0, 0.1) is 5.92 Å². The average Bonchev–Trinajstić information content (AvgIpc) is 2.36. The fourth-order valence-corrected chi connectivity index (χ4v) is 2.93. The van der Waals surface area contributed by atoms with Crippen LogP contribution in [0.15, 0.2) is 40.2 Å². The lowest BCUT2D eigenvalue weighted by Crippen LogP contribution is -2.37. The van der Waals surface area contributed by atoms with Crippen LogP contribution in [0.3, 0.4) is 0 Å². The van der Waals surface area contributed by atoms with E-state index >= 15 is 0 Å². The fourth-order valence-electron chi connectivity index (χ4n) is 2.00. The summed E-state index contributed by atoms with van der Waals surface area (Å²) in [5, 5.41) is 3.66. The van der Waals surface area contributed by atoms with Gasteiger partial charge in [-0.25, -0.2) is 0 Å². The molecular weight excluding hydrogens is 254 g/mol. The Bertz CT molecular complexity index is 401. The molecule has 0 radical (unpaired) electrons. The summed E-state index contributed by atoms with van der Waals surface area (Å²) in [5.74, 6) is 1.40. The Balaban J connectivity index is 1.67. The van der Waals surface area contributed by atoms with E-state index in [1.165, 1.54) is 24.2 Å². The van der Waals surface area contributed by atoms with Crippen molar-refractivity contribution in [3.8, 4) is 0 Å². The third-order valence-corrected chi connectivity index (χ3v) is 4.49. The van der Waals surface area contributed by atoms with Crippen LogP contribution in [0.4, 0.5) is 0 Å². The molecule has 1 atom stereocenters. The summed E-state index contributed by atoms with van der Waals surface area (Å²) >= 11 is 1.84. The minimum Gasteiger partial charge on any atom is -0.370 e. The van der Waals surface area contributed by atoms with Crippen molar-refractivity contribution in [1.29, 1.82) is 0 Å². The summed E-state index contributed by atoms with van der Waals surface area (Å²) in [7, 11) is 0. The number of nitrogens with two attached hydrogens (primary N) is 1. The lowest BCUT2D eigenvalue weighted by atomic mass is 9.85. The molecule has 0 saturated heterocycles. The molecule has 1 unspecified atom stereocenters. The van der Waals surface area contributed by atoms with E-state index in [0.717, 1.165) is 19.0 Å². The van der Waals surface area contributed by atoms with E-state index in [4.69, 9.17) is 5.73 Å². The van der Waals surface area contributed by atoms with Crippen LogP contribution in [0.2, 0.25) is 0 Å². The van der Waals surface area contributed by atoms with Gasteiger partial charge in [-0.15, -0.1) is 11.8 Å². The van der Waals surface area contributed by atoms with Gasteiger partial charge in [0.2, 0.25) is 0 Å². The molecule has 1 fully saturated rings. The molecule has 19 heavy (non-hydrogen) atoms. The molecule has 0 aromatic heterocycles. The van der Waals surface area contributed by atoms with E-state index in [1.54, 1.807) is 0 Å². The van der Waals surface area contributed by atoms with Gasteiger partial charge in [-0.2, -0.15) is 0 Å². The molecule has 4 heteroatoms. The minimum atomic E-state index is 0.437. The molecule has 0 amide bonds. The number of hydrogen-bond acceptors (Lipinski definition) is 2. The Morgan fingerprint density at radius 2 is 2.16 bits per heavy atom. The van der Waals surface area contributed by atoms with Crippen molar-refractivity contribution in [2.45, 2.75) is 36.3 Å². The van der Waals surface area contributed by atoms with E-state index in [2.05, 4.69) is 41.5 Å². The van der Waals surface area contributed by atoms with Gasteiger partial charge >= 0.3 is 0 Å². The van der Waals surface area contributed by atoms with Crippen molar-refractivity contribution < 1.29 is 0 Å². The minimum absolute atomic E-state index is 0.437. The van der Waals surface area contributed by atoms with Crippen LogP contribution < -0.4 is 11.1 Å². The summed E-state index contributed by atoms with van der Waals surface area (Å²) in [5.41, 5.74) is 5.87. The first-order chi connectivity index (χ1) is 9.24. The van der Waals surface area contributed by atoms with E-state index < -0.39 is 0 Å². The molecule has 2 rings (SSSR count). The van der Waals surface area contributed by atoms with Crippen molar-refractivity contribution >= 4 is 17.7 Å². The number of guanidine groups is 1. The second-order valence-electron chi connectivity index (χ2n) is 5.15. The van der Waals surface area contributed by atoms with Crippen LogP contribution >= 0.6 is 11.8 Å². The third kappa shape index (κ3) is 5.15. The number of nitrogens with zero attached hydrogens (tertiary/aromatic N) is 1.